The molecule has 0 spiro atoms. The van der Waals surface area contributed by atoms with Gasteiger partial charge >= 0.3 is 6.09 Å². The molecule has 0 unspecified atom stereocenters. The molecule has 0 radical (unpaired) electrons. The highest BCUT2D eigenvalue weighted by Gasteiger charge is 2.00. The molecule has 92 valence electrons. The first kappa shape index (κ1) is 13.3. The van der Waals surface area contributed by atoms with E-state index in [1.54, 1.807) is 6.08 Å². The predicted molar refractivity (Wildman–Crippen MR) is 65.6 cm³/mol. The third-order valence-electron chi connectivity index (χ3n) is 1.96. The Morgan fingerprint density at radius 2 is 2.12 bits per heavy atom. The number of nitrogens with one attached hydrogen (secondary N) is 1. The Kier molecular flexibility index (Phi) is 6.51. The summed E-state index contributed by atoms with van der Waals surface area (Å²) in [6, 6.07) is 9.53. The number of carbonyl (C=O) groups is 1. The topological polar surface area (TPSA) is 47.6 Å². The summed E-state index contributed by atoms with van der Waals surface area (Å²) < 4.78 is 10.1. The zero-order valence-electron chi connectivity index (χ0n) is 9.72. The molecule has 0 saturated heterocycles. The molecule has 4 nitrogen and oxygen atoms in total. The highest BCUT2D eigenvalue weighted by atomic mass is 16.5. The van der Waals surface area contributed by atoms with Crippen LogP contribution in [-0.4, -0.2) is 25.9 Å². The van der Waals surface area contributed by atoms with Crippen LogP contribution in [0.15, 0.2) is 43.0 Å². The first-order valence-corrected chi connectivity index (χ1v) is 5.46. The van der Waals surface area contributed by atoms with Crippen molar-refractivity contribution < 1.29 is 14.3 Å². The van der Waals surface area contributed by atoms with E-state index in [0.717, 1.165) is 5.56 Å². The monoisotopic (exact) mass is 235 g/mol. The van der Waals surface area contributed by atoms with Crippen molar-refractivity contribution in [3.63, 3.8) is 0 Å². The molecule has 0 fully saturated rings. The van der Waals surface area contributed by atoms with Crippen molar-refractivity contribution in [2.75, 3.05) is 19.8 Å². The maximum absolute atomic E-state index is 11.2. The van der Waals surface area contributed by atoms with Crippen LogP contribution in [0, 0.1) is 0 Å². The minimum Gasteiger partial charge on any atom is -0.445 e. The van der Waals surface area contributed by atoms with Crippen molar-refractivity contribution in [2.24, 2.45) is 0 Å². The molecule has 17 heavy (non-hydrogen) atoms. The van der Waals surface area contributed by atoms with Gasteiger partial charge in [-0.25, -0.2) is 4.79 Å². The number of alkyl carbamates (subject to hydrolysis) is 1. The molecular formula is C13H17NO3. The minimum atomic E-state index is -0.434. The zero-order chi connectivity index (χ0) is 12.3. The maximum Gasteiger partial charge on any atom is 0.407 e. The first-order chi connectivity index (χ1) is 8.33. The SMILES string of the molecule is C=CCOCCNC(=O)OCc1ccccc1. The molecule has 1 rings (SSSR count). The van der Waals surface area contributed by atoms with Crippen LogP contribution in [-0.2, 0) is 16.1 Å². The van der Waals surface area contributed by atoms with Crippen LogP contribution in [0.25, 0.3) is 0 Å². The molecule has 0 atom stereocenters. The zero-order valence-corrected chi connectivity index (χ0v) is 9.72. The van der Waals surface area contributed by atoms with Gasteiger partial charge in [0.1, 0.15) is 6.61 Å². The molecule has 1 N–H and O–H groups in total. The summed E-state index contributed by atoms with van der Waals surface area (Å²) in [4.78, 5) is 11.2. The summed E-state index contributed by atoms with van der Waals surface area (Å²) in [6.45, 7) is 5.17. The van der Waals surface area contributed by atoms with Crippen molar-refractivity contribution in [3.05, 3.63) is 48.6 Å². The van der Waals surface area contributed by atoms with E-state index in [0.29, 0.717) is 19.8 Å². The standard InChI is InChI=1S/C13H17NO3/c1-2-9-16-10-8-14-13(15)17-11-12-6-4-3-5-7-12/h2-7H,1,8-11H2,(H,14,15). The van der Waals surface area contributed by atoms with Crippen LogP contribution < -0.4 is 5.32 Å². The van der Waals surface area contributed by atoms with Crippen LogP contribution in [0.1, 0.15) is 5.56 Å². The highest BCUT2D eigenvalue weighted by molar-refractivity contribution is 5.67. The number of hydrogen-bond donors (Lipinski definition) is 1. The molecule has 1 aromatic carbocycles. The molecule has 0 aliphatic heterocycles. The number of rotatable bonds is 7. The Morgan fingerprint density at radius 3 is 2.82 bits per heavy atom. The number of amides is 1. The quantitative estimate of drug-likeness (QED) is 0.581. The van der Waals surface area contributed by atoms with Crippen molar-refractivity contribution >= 4 is 6.09 Å². The fourth-order valence-electron chi connectivity index (χ4n) is 1.17. The van der Waals surface area contributed by atoms with E-state index in [9.17, 15) is 4.79 Å². The lowest BCUT2D eigenvalue weighted by molar-refractivity contribution is 0.128. The van der Waals surface area contributed by atoms with Gasteiger partial charge in [-0.05, 0) is 5.56 Å². The molecule has 0 aliphatic carbocycles. The minimum absolute atomic E-state index is 0.278. The van der Waals surface area contributed by atoms with Gasteiger partial charge in [-0.1, -0.05) is 36.4 Å². The third kappa shape index (κ3) is 6.37. The average molecular weight is 235 g/mol. The Hall–Kier alpha value is -1.81. The van der Waals surface area contributed by atoms with Crippen molar-refractivity contribution in [3.8, 4) is 0 Å². The fourth-order valence-corrected chi connectivity index (χ4v) is 1.17. The van der Waals surface area contributed by atoms with Crippen molar-refractivity contribution in [1.82, 2.24) is 5.32 Å². The van der Waals surface area contributed by atoms with Gasteiger partial charge in [0.15, 0.2) is 0 Å². The summed E-state index contributed by atoms with van der Waals surface area (Å²) in [7, 11) is 0. The van der Waals surface area contributed by atoms with Crippen LogP contribution in [0.3, 0.4) is 0 Å². The van der Waals surface area contributed by atoms with E-state index < -0.39 is 6.09 Å². The molecule has 0 aliphatic rings. The second-order valence-corrected chi connectivity index (χ2v) is 3.35. The van der Waals surface area contributed by atoms with Gasteiger partial charge in [0.05, 0.1) is 13.2 Å². The first-order valence-electron chi connectivity index (χ1n) is 5.46. The Bertz CT molecular complexity index is 338. The molecule has 0 saturated carbocycles. The molecule has 0 aromatic heterocycles. The van der Waals surface area contributed by atoms with Crippen molar-refractivity contribution in [2.45, 2.75) is 6.61 Å². The van der Waals surface area contributed by atoms with E-state index >= 15 is 0 Å². The average Bonchev–Trinajstić information content (AvgIpc) is 2.37. The van der Waals surface area contributed by atoms with Gasteiger partial charge in [0.2, 0.25) is 0 Å². The number of benzene rings is 1. The van der Waals surface area contributed by atoms with Crippen LogP contribution in [0.4, 0.5) is 4.79 Å². The predicted octanol–water partition coefficient (Wildman–Crippen LogP) is 2.12. The Labute approximate surface area is 101 Å². The van der Waals surface area contributed by atoms with Crippen molar-refractivity contribution in [1.29, 1.82) is 0 Å². The van der Waals surface area contributed by atoms with Crippen LogP contribution in [0.5, 0.6) is 0 Å². The third-order valence-corrected chi connectivity index (χ3v) is 1.96. The van der Waals surface area contributed by atoms with E-state index in [1.807, 2.05) is 30.3 Å². The van der Waals surface area contributed by atoms with Crippen LogP contribution in [0.2, 0.25) is 0 Å². The molecule has 4 heteroatoms. The van der Waals surface area contributed by atoms with E-state index in [4.69, 9.17) is 9.47 Å². The van der Waals surface area contributed by atoms with E-state index in [2.05, 4.69) is 11.9 Å². The number of ether oxygens (including phenoxy) is 2. The van der Waals surface area contributed by atoms with Gasteiger partial charge in [-0.2, -0.15) is 0 Å². The maximum atomic E-state index is 11.2. The van der Waals surface area contributed by atoms with E-state index in [-0.39, 0.29) is 6.61 Å². The fraction of sp³-hybridized carbons (Fsp3) is 0.308. The summed E-state index contributed by atoms with van der Waals surface area (Å²) >= 11 is 0. The highest BCUT2D eigenvalue weighted by Crippen LogP contribution is 2.00. The summed E-state index contributed by atoms with van der Waals surface area (Å²) in [6.07, 6.45) is 1.23. The van der Waals surface area contributed by atoms with E-state index in [1.165, 1.54) is 0 Å². The summed E-state index contributed by atoms with van der Waals surface area (Å²) in [5.41, 5.74) is 0.963. The largest absolute Gasteiger partial charge is 0.445 e. The second-order valence-electron chi connectivity index (χ2n) is 3.35. The molecule has 1 amide bonds. The summed E-state index contributed by atoms with van der Waals surface area (Å²) in [5, 5.41) is 2.59. The van der Waals surface area contributed by atoms with Crippen LogP contribution >= 0.6 is 0 Å². The number of carbonyl (C=O) groups excluding carboxylic acids is 1. The summed E-state index contributed by atoms with van der Waals surface area (Å²) in [5.74, 6) is 0. The number of hydrogen-bond acceptors (Lipinski definition) is 3. The van der Waals surface area contributed by atoms with Gasteiger partial charge < -0.3 is 14.8 Å². The Morgan fingerprint density at radius 1 is 1.35 bits per heavy atom. The van der Waals surface area contributed by atoms with Gasteiger partial charge in [-0.15, -0.1) is 6.58 Å². The van der Waals surface area contributed by atoms with Gasteiger partial charge in [-0.3, -0.25) is 0 Å². The molecule has 0 bridgehead atoms. The normalized spacial score (nSPS) is 9.65. The smallest absolute Gasteiger partial charge is 0.407 e. The van der Waals surface area contributed by atoms with Gasteiger partial charge in [0.25, 0.3) is 0 Å². The lowest BCUT2D eigenvalue weighted by Gasteiger charge is -2.06. The Balaban J connectivity index is 2.07. The molecular weight excluding hydrogens is 218 g/mol. The van der Waals surface area contributed by atoms with Gasteiger partial charge in [0, 0.05) is 6.54 Å². The second kappa shape index (κ2) is 8.35. The lowest BCUT2D eigenvalue weighted by Crippen LogP contribution is -2.27. The molecule has 1 aromatic rings. The lowest BCUT2D eigenvalue weighted by atomic mass is 10.2. The molecule has 0 heterocycles.